The first-order valence-corrected chi connectivity index (χ1v) is 8.73. The summed E-state index contributed by atoms with van der Waals surface area (Å²) >= 11 is 0. The van der Waals surface area contributed by atoms with Crippen LogP contribution in [-0.2, 0) is 6.42 Å². The number of carbonyl (C=O) groups excluding carboxylic acids is 1. The number of carbonyl (C=O) groups is 1. The molecule has 1 saturated carbocycles. The highest BCUT2D eigenvalue weighted by atomic mass is 16.1. The normalized spacial score (nSPS) is 14.0. The van der Waals surface area contributed by atoms with Crippen molar-refractivity contribution in [3.05, 3.63) is 64.1 Å². The van der Waals surface area contributed by atoms with Gasteiger partial charge >= 0.3 is 0 Å². The molecule has 0 spiro atoms. The molecule has 25 heavy (non-hydrogen) atoms. The van der Waals surface area contributed by atoms with Gasteiger partial charge in [-0.15, -0.1) is 0 Å². The van der Waals surface area contributed by atoms with Crippen LogP contribution in [-0.4, -0.2) is 26.5 Å². The van der Waals surface area contributed by atoms with Gasteiger partial charge in [-0.05, 0) is 44.7 Å². The minimum atomic E-state index is -0.0739. The van der Waals surface area contributed by atoms with Crippen molar-refractivity contribution in [2.45, 2.75) is 46.1 Å². The van der Waals surface area contributed by atoms with Gasteiger partial charge in [-0.3, -0.25) is 4.79 Å². The van der Waals surface area contributed by atoms with Crippen LogP contribution in [0, 0.1) is 20.8 Å². The number of nitrogens with one attached hydrogen (secondary N) is 1. The van der Waals surface area contributed by atoms with Crippen LogP contribution < -0.4 is 5.32 Å². The van der Waals surface area contributed by atoms with E-state index >= 15 is 0 Å². The molecular weight excluding hydrogens is 312 g/mol. The molecule has 0 radical (unpaired) electrons. The summed E-state index contributed by atoms with van der Waals surface area (Å²) < 4.78 is 1.79. The topological polar surface area (TPSA) is 59.3 Å². The van der Waals surface area contributed by atoms with E-state index in [1.54, 1.807) is 10.7 Å². The predicted molar refractivity (Wildman–Crippen MR) is 96.9 cm³/mol. The molecule has 0 aliphatic heterocycles. The van der Waals surface area contributed by atoms with Crippen molar-refractivity contribution in [1.82, 2.24) is 19.9 Å². The summed E-state index contributed by atoms with van der Waals surface area (Å²) in [6.45, 7) is 6.15. The van der Waals surface area contributed by atoms with Gasteiger partial charge in [-0.1, -0.05) is 29.8 Å². The van der Waals surface area contributed by atoms with E-state index in [-0.39, 0.29) is 5.91 Å². The Morgan fingerprint density at radius 2 is 2.08 bits per heavy atom. The fourth-order valence-electron chi connectivity index (χ4n) is 3.24. The van der Waals surface area contributed by atoms with Gasteiger partial charge in [0.25, 0.3) is 5.91 Å². The van der Waals surface area contributed by atoms with E-state index in [1.165, 1.54) is 11.1 Å². The molecule has 0 atom stereocenters. The Bertz CT molecular complexity index is 969. The van der Waals surface area contributed by atoms with Crippen molar-refractivity contribution in [3.8, 4) is 0 Å². The second-order valence-corrected chi connectivity index (χ2v) is 6.97. The molecule has 0 unspecified atom stereocenters. The summed E-state index contributed by atoms with van der Waals surface area (Å²) in [6, 6.07) is 8.83. The highest BCUT2D eigenvalue weighted by Gasteiger charge is 2.26. The molecule has 0 saturated heterocycles. The van der Waals surface area contributed by atoms with Gasteiger partial charge in [0.2, 0.25) is 0 Å². The van der Waals surface area contributed by atoms with Crippen molar-refractivity contribution in [3.63, 3.8) is 0 Å². The molecule has 1 aromatic carbocycles. The largest absolute Gasteiger partial charge is 0.349 e. The lowest BCUT2D eigenvalue weighted by molar-refractivity contribution is 0.0952. The lowest BCUT2D eigenvalue weighted by Gasteiger charge is -2.12. The molecule has 2 aromatic heterocycles. The molecule has 2 heterocycles. The Hall–Kier alpha value is -2.69. The van der Waals surface area contributed by atoms with Gasteiger partial charge in [0.15, 0.2) is 5.65 Å². The van der Waals surface area contributed by atoms with Crippen LogP contribution in [0.15, 0.2) is 30.5 Å². The monoisotopic (exact) mass is 334 g/mol. The van der Waals surface area contributed by atoms with Crippen molar-refractivity contribution >= 4 is 11.6 Å². The van der Waals surface area contributed by atoms with Crippen LogP contribution >= 0.6 is 0 Å². The zero-order valence-corrected chi connectivity index (χ0v) is 14.8. The predicted octanol–water partition coefficient (Wildman–Crippen LogP) is 3.14. The minimum absolute atomic E-state index is 0.0739. The molecule has 3 aromatic rings. The maximum Gasteiger partial charge on any atom is 0.256 e. The Kier molecular flexibility index (Phi) is 3.79. The number of nitrogens with zero attached hydrogens (tertiary/aromatic N) is 3. The van der Waals surface area contributed by atoms with Crippen LogP contribution in [0.5, 0.6) is 0 Å². The molecule has 5 nitrogen and oxygen atoms in total. The smallest absolute Gasteiger partial charge is 0.256 e. The number of rotatable bonds is 4. The van der Waals surface area contributed by atoms with E-state index in [1.807, 2.05) is 13.8 Å². The molecule has 4 rings (SSSR count). The van der Waals surface area contributed by atoms with Gasteiger partial charge in [0.1, 0.15) is 5.56 Å². The zero-order valence-electron chi connectivity index (χ0n) is 14.8. The van der Waals surface area contributed by atoms with Gasteiger partial charge in [0, 0.05) is 23.9 Å². The average molecular weight is 334 g/mol. The molecule has 0 bridgehead atoms. The quantitative estimate of drug-likeness (QED) is 0.797. The molecule has 1 amide bonds. The fourth-order valence-corrected chi connectivity index (χ4v) is 3.24. The highest BCUT2D eigenvalue weighted by molar-refractivity contribution is 6.00. The Labute approximate surface area is 147 Å². The number of fused-ring (bicyclic) bond motifs is 1. The van der Waals surface area contributed by atoms with Gasteiger partial charge in [0.05, 0.1) is 6.20 Å². The lowest BCUT2D eigenvalue weighted by atomic mass is 10.0. The van der Waals surface area contributed by atoms with E-state index in [9.17, 15) is 4.79 Å². The Morgan fingerprint density at radius 1 is 1.28 bits per heavy atom. The van der Waals surface area contributed by atoms with Crippen LogP contribution in [0.1, 0.15) is 51.3 Å². The summed E-state index contributed by atoms with van der Waals surface area (Å²) in [4.78, 5) is 17.1. The Balaban J connectivity index is 1.73. The molecule has 1 aliphatic carbocycles. The van der Waals surface area contributed by atoms with Crippen molar-refractivity contribution in [2.24, 2.45) is 0 Å². The molecule has 1 aliphatic rings. The van der Waals surface area contributed by atoms with Gasteiger partial charge in [-0.25, -0.2) is 9.50 Å². The van der Waals surface area contributed by atoms with E-state index < -0.39 is 0 Å². The summed E-state index contributed by atoms with van der Waals surface area (Å²) in [7, 11) is 0. The summed E-state index contributed by atoms with van der Waals surface area (Å²) in [5.41, 5.74) is 6.85. The van der Waals surface area contributed by atoms with E-state index in [2.05, 4.69) is 41.6 Å². The number of benzene rings is 1. The van der Waals surface area contributed by atoms with E-state index in [4.69, 9.17) is 4.98 Å². The molecule has 1 N–H and O–H groups in total. The first-order valence-electron chi connectivity index (χ1n) is 8.73. The van der Waals surface area contributed by atoms with Crippen LogP contribution in [0.4, 0.5) is 0 Å². The molecular formula is C20H22N4O. The second kappa shape index (κ2) is 5.99. The van der Waals surface area contributed by atoms with Crippen LogP contribution in [0.25, 0.3) is 5.65 Å². The van der Waals surface area contributed by atoms with E-state index in [0.717, 1.165) is 36.2 Å². The summed E-state index contributed by atoms with van der Waals surface area (Å²) in [5.74, 6) is -0.0739. The lowest BCUT2D eigenvalue weighted by Crippen LogP contribution is -2.25. The van der Waals surface area contributed by atoms with Gasteiger partial charge in [-0.2, -0.15) is 5.10 Å². The maximum atomic E-state index is 12.4. The first-order chi connectivity index (χ1) is 12.0. The van der Waals surface area contributed by atoms with Crippen molar-refractivity contribution in [1.29, 1.82) is 0 Å². The summed E-state index contributed by atoms with van der Waals surface area (Å²) in [5, 5.41) is 7.44. The van der Waals surface area contributed by atoms with Crippen LogP contribution in [0.3, 0.4) is 0 Å². The third-order valence-corrected chi connectivity index (χ3v) is 4.83. The standard InChI is InChI=1S/C20H22N4O/c1-12-5-4-6-15(9-12)10-17-13(2)22-19-18(11-21-24(19)14(17)3)20(25)23-16-7-8-16/h4-6,9,11,16H,7-8,10H2,1-3H3,(H,23,25). The number of aromatic nitrogens is 3. The average Bonchev–Trinajstić information content (AvgIpc) is 3.28. The first kappa shape index (κ1) is 15.8. The third kappa shape index (κ3) is 3.02. The van der Waals surface area contributed by atoms with Gasteiger partial charge < -0.3 is 5.32 Å². The van der Waals surface area contributed by atoms with E-state index in [0.29, 0.717) is 17.3 Å². The van der Waals surface area contributed by atoms with Crippen molar-refractivity contribution < 1.29 is 4.79 Å². The molecule has 1 fully saturated rings. The minimum Gasteiger partial charge on any atom is -0.349 e. The molecule has 5 heteroatoms. The SMILES string of the molecule is Cc1cccc(Cc2c(C)nc3c(C(=O)NC4CC4)cnn3c2C)c1. The number of hydrogen-bond donors (Lipinski definition) is 1. The third-order valence-electron chi connectivity index (χ3n) is 4.83. The van der Waals surface area contributed by atoms with Crippen molar-refractivity contribution in [2.75, 3.05) is 0 Å². The summed E-state index contributed by atoms with van der Waals surface area (Å²) in [6.07, 6.45) is 4.57. The fraction of sp³-hybridized carbons (Fsp3) is 0.350. The zero-order chi connectivity index (χ0) is 17.6. The Morgan fingerprint density at radius 3 is 2.80 bits per heavy atom. The highest BCUT2D eigenvalue weighted by Crippen LogP contribution is 2.23. The number of hydrogen-bond acceptors (Lipinski definition) is 3. The second-order valence-electron chi connectivity index (χ2n) is 6.97. The number of amides is 1. The van der Waals surface area contributed by atoms with Crippen LogP contribution in [0.2, 0.25) is 0 Å². The maximum absolute atomic E-state index is 12.4. The molecule has 128 valence electrons. The number of aryl methyl sites for hydroxylation is 3.